The minimum Gasteiger partial charge on any atom is -0.133 e. The second kappa shape index (κ2) is 1.69. The highest BCUT2D eigenvalue weighted by molar-refractivity contribution is 5.28. The van der Waals surface area contributed by atoms with Crippen LogP contribution in [-0.2, 0) is 0 Å². The van der Waals surface area contributed by atoms with Crippen LogP contribution in [0.2, 0.25) is 0 Å². The van der Waals surface area contributed by atoms with Gasteiger partial charge in [-0.05, 0) is 24.1 Å². The predicted molar refractivity (Wildman–Crippen MR) is 32.4 cm³/mol. The highest BCUT2D eigenvalue weighted by Gasteiger charge is 2.12. The van der Waals surface area contributed by atoms with E-state index in [0.717, 1.165) is 24.2 Å². The molecule has 0 amide bonds. The summed E-state index contributed by atoms with van der Waals surface area (Å²) in [7, 11) is 0. The van der Waals surface area contributed by atoms with Gasteiger partial charge in [0.15, 0.2) is 0 Å². The van der Waals surface area contributed by atoms with E-state index in [1.165, 1.54) is 0 Å². The molecule has 45 valence electrons. The van der Waals surface area contributed by atoms with Gasteiger partial charge in [-0.3, -0.25) is 0 Å². The molecule has 2 rings (SSSR count). The predicted octanol–water partition coefficient (Wildman–Crippen LogP) is 1.53. The highest BCUT2D eigenvalue weighted by Crippen LogP contribution is 2.22. The molecule has 0 saturated carbocycles. The molecule has 1 aliphatic heterocycles. The lowest BCUT2D eigenvalue weighted by atomic mass is 10.1. The molecule has 3 heteroatoms. The quantitative estimate of drug-likeness (QED) is 0.465. The molecule has 0 bridgehead atoms. The largest absolute Gasteiger partial charge is 0.133 e. The summed E-state index contributed by atoms with van der Waals surface area (Å²) in [5.74, 6) is 0. The molecule has 2 aliphatic rings. The van der Waals surface area contributed by atoms with E-state index in [1.54, 1.807) is 0 Å². The molecule has 0 saturated heterocycles. The molecule has 0 N–H and O–H groups in total. The van der Waals surface area contributed by atoms with Crippen molar-refractivity contribution in [2.75, 3.05) is 0 Å². The van der Waals surface area contributed by atoms with Crippen molar-refractivity contribution in [1.29, 1.82) is 0 Å². The van der Waals surface area contributed by atoms with Crippen molar-refractivity contribution >= 4 is 0 Å². The smallest absolute Gasteiger partial charge is 0.111 e. The molecule has 1 radical (unpaired) electrons. The van der Waals surface area contributed by atoms with Crippen molar-refractivity contribution in [3.05, 3.63) is 23.5 Å². The van der Waals surface area contributed by atoms with Crippen LogP contribution in [0.1, 0.15) is 12.8 Å². The molecule has 1 heterocycles. The topological polar surface area (TPSA) is 38.8 Å². The van der Waals surface area contributed by atoms with E-state index >= 15 is 0 Å². The molecule has 3 nitrogen and oxygen atoms in total. The van der Waals surface area contributed by atoms with Gasteiger partial charge in [0.25, 0.3) is 0 Å². The van der Waals surface area contributed by atoms with Crippen LogP contribution in [-0.4, -0.2) is 0 Å². The third-order valence-electron chi connectivity index (χ3n) is 1.44. The summed E-state index contributed by atoms with van der Waals surface area (Å²) < 4.78 is 0. The lowest BCUT2D eigenvalue weighted by molar-refractivity contribution is 0.873. The van der Waals surface area contributed by atoms with Crippen molar-refractivity contribution in [1.82, 2.24) is 5.43 Å². The maximum absolute atomic E-state index is 3.84. The van der Waals surface area contributed by atoms with Crippen LogP contribution in [0.3, 0.4) is 0 Å². The first kappa shape index (κ1) is 4.73. The lowest BCUT2D eigenvalue weighted by Gasteiger charge is -2.00. The van der Waals surface area contributed by atoms with Crippen LogP contribution in [0.15, 0.2) is 33.9 Å². The highest BCUT2D eigenvalue weighted by atomic mass is 15.5. The van der Waals surface area contributed by atoms with Crippen molar-refractivity contribution in [3.63, 3.8) is 0 Å². The summed E-state index contributed by atoms with van der Waals surface area (Å²) in [5.41, 5.74) is 5.79. The minimum absolute atomic E-state index is 0.946. The van der Waals surface area contributed by atoms with Crippen molar-refractivity contribution < 1.29 is 0 Å². The maximum Gasteiger partial charge on any atom is 0.111 e. The molecular weight excluding hydrogens is 114 g/mol. The Hall–Kier alpha value is -1.12. The Balaban J connectivity index is 2.35. The zero-order valence-corrected chi connectivity index (χ0v) is 4.91. The van der Waals surface area contributed by atoms with Gasteiger partial charge in [-0.2, -0.15) is 0 Å². The van der Waals surface area contributed by atoms with E-state index < -0.39 is 0 Å². The SMILES string of the molecule is C1=CC2=C(CC1)N=N[N]2. The summed E-state index contributed by atoms with van der Waals surface area (Å²) in [6.45, 7) is 0. The van der Waals surface area contributed by atoms with Crippen LogP contribution in [0.5, 0.6) is 0 Å². The standard InChI is InChI=1S/C6H6N3/c1-2-4-6-5(3-1)7-9-8-6/h1,3H,2,4H2. The van der Waals surface area contributed by atoms with Gasteiger partial charge in [-0.1, -0.05) is 6.08 Å². The van der Waals surface area contributed by atoms with E-state index in [4.69, 9.17) is 0 Å². The van der Waals surface area contributed by atoms with E-state index in [2.05, 4.69) is 21.8 Å². The van der Waals surface area contributed by atoms with E-state index in [1.807, 2.05) is 6.08 Å². The van der Waals surface area contributed by atoms with Gasteiger partial charge in [0.2, 0.25) is 0 Å². The molecule has 1 aliphatic carbocycles. The summed E-state index contributed by atoms with van der Waals surface area (Å²) in [4.78, 5) is 0. The number of nitrogens with zero attached hydrogens (tertiary/aromatic N) is 3. The summed E-state index contributed by atoms with van der Waals surface area (Å²) >= 11 is 0. The van der Waals surface area contributed by atoms with Gasteiger partial charge in [-0.15, -0.1) is 10.5 Å². The Bertz CT molecular complexity index is 212. The van der Waals surface area contributed by atoms with Gasteiger partial charge in [-0.25, -0.2) is 0 Å². The van der Waals surface area contributed by atoms with Gasteiger partial charge in [0.1, 0.15) is 5.70 Å². The van der Waals surface area contributed by atoms with Gasteiger partial charge < -0.3 is 0 Å². The normalized spacial score (nSPS) is 22.2. The first-order valence-electron chi connectivity index (χ1n) is 2.98. The van der Waals surface area contributed by atoms with Gasteiger partial charge in [0.05, 0.1) is 5.70 Å². The Labute approximate surface area is 53.1 Å². The number of rotatable bonds is 0. The fraction of sp³-hybridized carbons (Fsp3) is 0.333. The van der Waals surface area contributed by atoms with Crippen molar-refractivity contribution in [2.45, 2.75) is 12.8 Å². The van der Waals surface area contributed by atoms with Crippen LogP contribution in [0.4, 0.5) is 0 Å². The Morgan fingerprint density at radius 2 is 2.44 bits per heavy atom. The second-order valence-corrected chi connectivity index (χ2v) is 2.06. The summed E-state index contributed by atoms with van der Waals surface area (Å²) in [6, 6.07) is 0. The fourth-order valence-electron chi connectivity index (χ4n) is 0.956. The average Bonchev–Trinajstić information content (AvgIpc) is 2.33. The molecule has 9 heavy (non-hydrogen) atoms. The Morgan fingerprint density at radius 1 is 1.44 bits per heavy atom. The van der Waals surface area contributed by atoms with E-state index in [-0.39, 0.29) is 0 Å². The van der Waals surface area contributed by atoms with Crippen LogP contribution in [0, 0.1) is 0 Å². The molecule has 0 aromatic heterocycles. The Kier molecular flexibility index (Phi) is 0.886. The average molecular weight is 120 g/mol. The fourth-order valence-corrected chi connectivity index (χ4v) is 0.956. The molecule has 0 spiro atoms. The lowest BCUT2D eigenvalue weighted by Crippen LogP contribution is -1.93. The maximum atomic E-state index is 3.84. The molecule has 0 unspecified atom stereocenters. The zero-order chi connectivity index (χ0) is 6.10. The van der Waals surface area contributed by atoms with E-state index in [9.17, 15) is 0 Å². The molecule has 0 aromatic carbocycles. The molecule has 0 aromatic rings. The zero-order valence-electron chi connectivity index (χ0n) is 4.91. The number of hydrogen-bond donors (Lipinski definition) is 0. The van der Waals surface area contributed by atoms with Gasteiger partial charge in [0, 0.05) is 0 Å². The monoisotopic (exact) mass is 120 g/mol. The molecule has 0 atom stereocenters. The number of hydrogen-bond acceptors (Lipinski definition) is 2. The first-order chi connectivity index (χ1) is 4.47. The van der Waals surface area contributed by atoms with Crippen molar-refractivity contribution in [2.24, 2.45) is 10.3 Å². The Morgan fingerprint density at radius 3 is 3.33 bits per heavy atom. The third-order valence-corrected chi connectivity index (χ3v) is 1.44. The first-order valence-corrected chi connectivity index (χ1v) is 2.98. The van der Waals surface area contributed by atoms with Crippen LogP contribution in [0.25, 0.3) is 0 Å². The summed E-state index contributed by atoms with van der Waals surface area (Å²) in [5, 5.41) is 7.40. The second-order valence-electron chi connectivity index (χ2n) is 2.06. The van der Waals surface area contributed by atoms with Crippen molar-refractivity contribution in [3.8, 4) is 0 Å². The van der Waals surface area contributed by atoms with Crippen LogP contribution < -0.4 is 5.43 Å². The number of allylic oxidation sites excluding steroid dienone is 3. The van der Waals surface area contributed by atoms with Gasteiger partial charge >= 0.3 is 0 Å². The summed E-state index contributed by atoms with van der Waals surface area (Å²) in [6.07, 6.45) is 6.14. The molecular formula is C6H6N3. The molecule has 0 fully saturated rings. The van der Waals surface area contributed by atoms with Crippen LogP contribution >= 0.6 is 0 Å². The minimum atomic E-state index is 0.946. The van der Waals surface area contributed by atoms with E-state index in [0.29, 0.717) is 0 Å². The third kappa shape index (κ3) is 0.650.